The number of thioether (sulfide) groups is 1. The molecule has 3 aromatic rings. The van der Waals surface area contributed by atoms with Crippen LogP contribution in [0.1, 0.15) is 11.1 Å². The van der Waals surface area contributed by atoms with Crippen molar-refractivity contribution in [1.82, 2.24) is 4.90 Å². The van der Waals surface area contributed by atoms with Crippen LogP contribution in [0.3, 0.4) is 0 Å². The second kappa shape index (κ2) is 12.7. The standard InChI is InChI=1S/C29H26N4O7S/c34-27(30-24-6-1-2-7-25(24)31-12-14-39-15-13-31)18-32-28(35)26(41-29(32)36)17-21-4-3-5-23(16-21)40-19-20-8-10-22(11-9-20)33(37)38/h1-11,16-17H,12-15,18-19H2,(H,30,34)/b26-17+. The first kappa shape index (κ1) is 27.9. The number of nitrogens with zero attached hydrogens (tertiary/aromatic N) is 3. The Morgan fingerprint density at radius 3 is 2.56 bits per heavy atom. The Morgan fingerprint density at radius 2 is 1.80 bits per heavy atom. The van der Waals surface area contributed by atoms with Gasteiger partial charge in [0.2, 0.25) is 5.91 Å². The minimum atomic E-state index is -0.547. The maximum Gasteiger partial charge on any atom is 0.294 e. The highest BCUT2D eigenvalue weighted by atomic mass is 32.2. The number of hydrogen-bond donors (Lipinski definition) is 1. The van der Waals surface area contributed by atoms with Gasteiger partial charge >= 0.3 is 0 Å². The Balaban J connectivity index is 1.21. The molecule has 3 aromatic carbocycles. The SMILES string of the molecule is O=C(CN1C(=O)S/C(=C/c2cccc(OCc3ccc([N+](=O)[O-])cc3)c2)C1=O)Nc1ccccc1N1CCOCC1. The number of para-hydroxylation sites is 2. The molecule has 210 valence electrons. The molecule has 0 spiro atoms. The van der Waals surface area contributed by atoms with Crippen molar-refractivity contribution in [2.24, 2.45) is 0 Å². The number of amides is 3. The van der Waals surface area contributed by atoms with Gasteiger partial charge in [0.05, 0.1) is 34.4 Å². The molecule has 2 aliphatic heterocycles. The molecule has 2 fully saturated rings. The van der Waals surface area contributed by atoms with E-state index in [1.807, 2.05) is 18.2 Å². The van der Waals surface area contributed by atoms with Crippen LogP contribution in [0.4, 0.5) is 21.9 Å². The fraction of sp³-hybridized carbons (Fsp3) is 0.207. The van der Waals surface area contributed by atoms with E-state index >= 15 is 0 Å². The quantitative estimate of drug-likeness (QED) is 0.220. The fourth-order valence-electron chi connectivity index (χ4n) is 4.36. The first-order chi connectivity index (χ1) is 19.9. The number of benzene rings is 3. The molecule has 2 saturated heterocycles. The van der Waals surface area contributed by atoms with E-state index in [0.29, 0.717) is 43.3 Å². The van der Waals surface area contributed by atoms with Crippen LogP contribution in [0.15, 0.2) is 77.7 Å². The van der Waals surface area contributed by atoms with Crippen LogP contribution in [-0.4, -0.2) is 59.7 Å². The lowest BCUT2D eigenvalue weighted by Gasteiger charge is -2.30. The van der Waals surface area contributed by atoms with Crippen LogP contribution in [0.2, 0.25) is 0 Å². The van der Waals surface area contributed by atoms with E-state index in [2.05, 4.69) is 10.2 Å². The number of rotatable bonds is 9. The third-order valence-corrected chi connectivity index (χ3v) is 7.32. The number of nitro groups is 1. The van der Waals surface area contributed by atoms with Gasteiger partial charge in [-0.3, -0.25) is 29.4 Å². The van der Waals surface area contributed by atoms with Crippen LogP contribution < -0.4 is 15.0 Å². The minimum Gasteiger partial charge on any atom is -0.489 e. The number of nitrogens with one attached hydrogen (secondary N) is 1. The maximum atomic E-state index is 13.0. The highest BCUT2D eigenvalue weighted by molar-refractivity contribution is 8.18. The molecule has 41 heavy (non-hydrogen) atoms. The van der Waals surface area contributed by atoms with Gasteiger partial charge in [0, 0.05) is 25.2 Å². The van der Waals surface area contributed by atoms with Crippen molar-refractivity contribution in [3.8, 4) is 5.75 Å². The van der Waals surface area contributed by atoms with Crippen LogP contribution in [0.5, 0.6) is 5.75 Å². The monoisotopic (exact) mass is 574 g/mol. The van der Waals surface area contributed by atoms with Gasteiger partial charge in [-0.05, 0) is 65.4 Å². The summed E-state index contributed by atoms with van der Waals surface area (Å²) in [5.74, 6) is -0.501. The molecule has 0 aliphatic carbocycles. The van der Waals surface area contributed by atoms with Crippen molar-refractivity contribution in [1.29, 1.82) is 0 Å². The van der Waals surface area contributed by atoms with E-state index in [-0.39, 0.29) is 17.2 Å². The van der Waals surface area contributed by atoms with Gasteiger partial charge in [-0.15, -0.1) is 0 Å². The summed E-state index contributed by atoms with van der Waals surface area (Å²) in [5.41, 5.74) is 2.86. The summed E-state index contributed by atoms with van der Waals surface area (Å²) >= 11 is 0.771. The number of carbonyl (C=O) groups excluding carboxylic acids is 3. The van der Waals surface area contributed by atoms with Gasteiger partial charge in [0.25, 0.3) is 16.8 Å². The maximum absolute atomic E-state index is 13.0. The Morgan fingerprint density at radius 1 is 1.05 bits per heavy atom. The number of nitro benzene ring substituents is 1. The van der Waals surface area contributed by atoms with Crippen molar-refractivity contribution >= 4 is 52.0 Å². The predicted octanol–water partition coefficient (Wildman–Crippen LogP) is 4.69. The smallest absolute Gasteiger partial charge is 0.294 e. The predicted molar refractivity (Wildman–Crippen MR) is 155 cm³/mol. The van der Waals surface area contributed by atoms with E-state index in [1.165, 1.54) is 12.1 Å². The second-order valence-corrected chi connectivity index (χ2v) is 10.2. The Hall–Kier alpha value is -4.68. The van der Waals surface area contributed by atoms with Crippen molar-refractivity contribution in [3.05, 3.63) is 98.9 Å². The summed E-state index contributed by atoms with van der Waals surface area (Å²) in [4.78, 5) is 52.1. The number of non-ortho nitro benzene ring substituents is 1. The van der Waals surface area contributed by atoms with Crippen molar-refractivity contribution in [2.75, 3.05) is 43.1 Å². The number of hydrogen-bond acceptors (Lipinski definition) is 9. The van der Waals surface area contributed by atoms with E-state index in [1.54, 1.807) is 48.5 Å². The summed E-state index contributed by atoms with van der Waals surface area (Å²) in [7, 11) is 0. The zero-order valence-corrected chi connectivity index (χ0v) is 22.7. The van der Waals surface area contributed by atoms with Crippen LogP contribution in [-0.2, 0) is 20.9 Å². The van der Waals surface area contributed by atoms with E-state index in [9.17, 15) is 24.5 Å². The molecule has 0 bridgehead atoms. The highest BCUT2D eigenvalue weighted by Gasteiger charge is 2.36. The topological polar surface area (TPSA) is 131 Å². The molecule has 11 nitrogen and oxygen atoms in total. The summed E-state index contributed by atoms with van der Waals surface area (Å²) in [5, 5.41) is 13.1. The molecule has 0 radical (unpaired) electrons. The van der Waals surface area contributed by atoms with Gasteiger partial charge in [-0.1, -0.05) is 24.3 Å². The molecule has 0 atom stereocenters. The second-order valence-electron chi connectivity index (χ2n) is 9.22. The number of morpholine rings is 1. The fourth-order valence-corrected chi connectivity index (χ4v) is 5.19. The first-order valence-electron chi connectivity index (χ1n) is 12.8. The summed E-state index contributed by atoms with van der Waals surface area (Å²) in [6.07, 6.45) is 1.58. The van der Waals surface area contributed by atoms with Gasteiger partial charge in [-0.2, -0.15) is 0 Å². The molecule has 0 saturated carbocycles. The first-order valence-corrected chi connectivity index (χ1v) is 13.6. The van der Waals surface area contributed by atoms with Crippen molar-refractivity contribution < 1.29 is 28.8 Å². The van der Waals surface area contributed by atoms with Gasteiger partial charge in [0.15, 0.2) is 0 Å². The molecule has 2 aliphatic rings. The molecule has 5 rings (SSSR count). The zero-order valence-electron chi connectivity index (χ0n) is 21.9. The normalized spacial score (nSPS) is 16.2. The third-order valence-electron chi connectivity index (χ3n) is 6.41. The zero-order chi connectivity index (χ0) is 28.8. The minimum absolute atomic E-state index is 0.0000184. The van der Waals surface area contributed by atoms with Crippen molar-refractivity contribution in [2.45, 2.75) is 6.61 Å². The average molecular weight is 575 g/mol. The lowest BCUT2D eigenvalue weighted by Crippen LogP contribution is -2.38. The lowest BCUT2D eigenvalue weighted by molar-refractivity contribution is -0.384. The summed E-state index contributed by atoms with van der Waals surface area (Å²) < 4.78 is 11.2. The average Bonchev–Trinajstić information content (AvgIpc) is 3.24. The third kappa shape index (κ3) is 6.91. The molecular weight excluding hydrogens is 548 g/mol. The van der Waals surface area contributed by atoms with Gasteiger partial charge < -0.3 is 19.7 Å². The molecule has 1 N–H and O–H groups in total. The van der Waals surface area contributed by atoms with E-state index in [4.69, 9.17) is 9.47 Å². The Kier molecular flexibility index (Phi) is 8.61. The molecule has 0 unspecified atom stereocenters. The van der Waals surface area contributed by atoms with Crippen LogP contribution >= 0.6 is 11.8 Å². The summed E-state index contributed by atoms with van der Waals surface area (Å²) in [6, 6.07) is 20.4. The van der Waals surface area contributed by atoms with Crippen LogP contribution in [0.25, 0.3) is 6.08 Å². The Labute approximate surface area is 239 Å². The number of ether oxygens (including phenoxy) is 2. The molecule has 3 amide bonds. The number of imide groups is 1. The lowest BCUT2D eigenvalue weighted by atomic mass is 10.2. The number of carbonyl (C=O) groups is 3. The largest absolute Gasteiger partial charge is 0.489 e. The highest BCUT2D eigenvalue weighted by Crippen LogP contribution is 2.33. The Bertz CT molecular complexity index is 1500. The molecule has 12 heteroatoms. The van der Waals surface area contributed by atoms with Crippen LogP contribution in [0, 0.1) is 10.1 Å². The van der Waals surface area contributed by atoms with Gasteiger partial charge in [0.1, 0.15) is 18.9 Å². The molecular formula is C29H26N4O7S. The van der Waals surface area contributed by atoms with E-state index < -0.39 is 28.5 Å². The number of anilines is 2. The molecule has 2 heterocycles. The van der Waals surface area contributed by atoms with Gasteiger partial charge in [-0.25, -0.2) is 0 Å². The summed E-state index contributed by atoms with van der Waals surface area (Å²) in [6.45, 7) is 2.38. The van der Waals surface area contributed by atoms with E-state index in [0.717, 1.165) is 27.9 Å². The molecule has 0 aromatic heterocycles. The van der Waals surface area contributed by atoms with Crippen molar-refractivity contribution in [3.63, 3.8) is 0 Å².